The van der Waals surface area contributed by atoms with E-state index in [1.165, 1.54) is 6.42 Å². The minimum Gasteiger partial charge on any atom is -0.378 e. The number of hydrogen-bond acceptors (Lipinski definition) is 3. The van der Waals surface area contributed by atoms with Crippen molar-refractivity contribution in [2.75, 3.05) is 26.7 Å². The van der Waals surface area contributed by atoms with Crippen molar-refractivity contribution in [3.05, 3.63) is 0 Å². The maximum absolute atomic E-state index is 11.9. The number of nitrogens with two attached hydrogens (primary N) is 1. The molecule has 1 fully saturated rings. The molecule has 16 heavy (non-hydrogen) atoms. The molecular weight excluding hydrogens is 204 g/mol. The highest BCUT2D eigenvalue weighted by molar-refractivity contribution is 5.76. The maximum atomic E-state index is 11.9. The lowest BCUT2D eigenvalue weighted by Crippen LogP contribution is -2.36. The lowest BCUT2D eigenvalue weighted by molar-refractivity contribution is -0.134. The van der Waals surface area contributed by atoms with E-state index in [4.69, 9.17) is 10.5 Å². The number of carbonyl (C=O) groups is 1. The normalized spacial score (nSPS) is 22.8. The van der Waals surface area contributed by atoms with Crippen LogP contribution < -0.4 is 5.73 Å². The molecule has 0 saturated carbocycles. The molecule has 4 nitrogen and oxygen atoms in total. The smallest absolute Gasteiger partial charge is 0.224 e. The van der Waals surface area contributed by atoms with E-state index < -0.39 is 0 Å². The van der Waals surface area contributed by atoms with E-state index in [-0.39, 0.29) is 12.0 Å². The van der Waals surface area contributed by atoms with Gasteiger partial charge in [0.25, 0.3) is 0 Å². The number of rotatable bonds is 5. The summed E-state index contributed by atoms with van der Waals surface area (Å²) in [5, 5.41) is 0. The van der Waals surface area contributed by atoms with Crippen LogP contribution in [-0.2, 0) is 9.53 Å². The first-order chi connectivity index (χ1) is 7.63. The van der Waals surface area contributed by atoms with Crippen molar-refractivity contribution >= 4 is 5.91 Å². The van der Waals surface area contributed by atoms with Gasteiger partial charge in [0.15, 0.2) is 0 Å². The zero-order chi connectivity index (χ0) is 12.0. The SMILES string of the molecule is CC(CN)CN(C)C(=O)CC1CCCCO1. The monoisotopic (exact) mass is 228 g/mol. The second-order valence-corrected chi connectivity index (χ2v) is 4.81. The molecule has 0 bridgehead atoms. The molecule has 4 heteroatoms. The third kappa shape index (κ3) is 4.49. The molecule has 0 aromatic heterocycles. The number of amides is 1. The maximum Gasteiger partial charge on any atom is 0.224 e. The van der Waals surface area contributed by atoms with Gasteiger partial charge >= 0.3 is 0 Å². The molecule has 1 aliphatic heterocycles. The third-order valence-corrected chi connectivity index (χ3v) is 3.09. The summed E-state index contributed by atoms with van der Waals surface area (Å²) in [6.07, 6.45) is 3.99. The molecule has 0 aromatic carbocycles. The predicted molar refractivity (Wildman–Crippen MR) is 64.1 cm³/mol. The summed E-state index contributed by atoms with van der Waals surface area (Å²) >= 11 is 0. The molecule has 1 amide bonds. The lowest BCUT2D eigenvalue weighted by atomic mass is 10.1. The van der Waals surface area contributed by atoms with Gasteiger partial charge < -0.3 is 15.4 Å². The molecule has 94 valence electrons. The van der Waals surface area contributed by atoms with Crippen LogP contribution >= 0.6 is 0 Å². The van der Waals surface area contributed by atoms with Crippen LogP contribution in [0.15, 0.2) is 0 Å². The largest absolute Gasteiger partial charge is 0.378 e. The van der Waals surface area contributed by atoms with Crippen molar-refractivity contribution < 1.29 is 9.53 Å². The van der Waals surface area contributed by atoms with Crippen LogP contribution in [0.1, 0.15) is 32.6 Å². The molecule has 1 aliphatic rings. The summed E-state index contributed by atoms with van der Waals surface area (Å²) in [7, 11) is 1.84. The van der Waals surface area contributed by atoms with E-state index in [0.29, 0.717) is 18.9 Å². The number of hydrogen-bond donors (Lipinski definition) is 1. The van der Waals surface area contributed by atoms with Crippen molar-refractivity contribution in [2.45, 2.75) is 38.7 Å². The van der Waals surface area contributed by atoms with Crippen molar-refractivity contribution in [1.82, 2.24) is 4.90 Å². The second-order valence-electron chi connectivity index (χ2n) is 4.81. The summed E-state index contributed by atoms with van der Waals surface area (Å²) in [6, 6.07) is 0. The van der Waals surface area contributed by atoms with E-state index in [0.717, 1.165) is 26.0 Å². The van der Waals surface area contributed by atoms with Gasteiger partial charge in [-0.15, -0.1) is 0 Å². The summed E-state index contributed by atoms with van der Waals surface area (Å²) in [5.74, 6) is 0.536. The second kappa shape index (κ2) is 6.86. The molecule has 0 aliphatic carbocycles. The molecule has 1 heterocycles. The van der Waals surface area contributed by atoms with Crippen LogP contribution in [0.25, 0.3) is 0 Å². The molecule has 2 N–H and O–H groups in total. The summed E-state index contributed by atoms with van der Waals surface area (Å²) in [6.45, 7) is 4.22. The molecule has 2 atom stereocenters. The predicted octanol–water partition coefficient (Wildman–Crippen LogP) is 0.999. The van der Waals surface area contributed by atoms with Crippen LogP contribution in [0.2, 0.25) is 0 Å². The lowest BCUT2D eigenvalue weighted by Gasteiger charge is -2.26. The van der Waals surface area contributed by atoms with Crippen LogP contribution in [0, 0.1) is 5.92 Å². The first-order valence-electron chi connectivity index (χ1n) is 6.19. The first-order valence-corrected chi connectivity index (χ1v) is 6.19. The summed E-state index contributed by atoms with van der Waals surface area (Å²) in [4.78, 5) is 13.6. The highest BCUT2D eigenvalue weighted by Gasteiger charge is 2.20. The fraction of sp³-hybridized carbons (Fsp3) is 0.917. The summed E-state index contributed by atoms with van der Waals surface area (Å²) in [5.41, 5.74) is 5.54. The average Bonchev–Trinajstić information content (AvgIpc) is 2.30. The van der Waals surface area contributed by atoms with Crippen LogP contribution in [0.3, 0.4) is 0 Å². The fourth-order valence-electron chi connectivity index (χ4n) is 1.96. The van der Waals surface area contributed by atoms with E-state index >= 15 is 0 Å². The number of nitrogens with zero attached hydrogens (tertiary/aromatic N) is 1. The Balaban J connectivity index is 2.27. The quantitative estimate of drug-likeness (QED) is 0.763. The topological polar surface area (TPSA) is 55.6 Å². The van der Waals surface area contributed by atoms with Crippen LogP contribution in [-0.4, -0.2) is 43.7 Å². The number of ether oxygens (including phenoxy) is 1. The zero-order valence-electron chi connectivity index (χ0n) is 10.4. The standard InChI is InChI=1S/C12H24N2O2/c1-10(8-13)9-14(2)12(15)7-11-5-3-4-6-16-11/h10-11H,3-9,13H2,1-2H3. The molecule has 2 unspecified atom stereocenters. The Labute approximate surface area is 98.1 Å². The minimum absolute atomic E-state index is 0.136. The molecular formula is C12H24N2O2. The van der Waals surface area contributed by atoms with Gasteiger partial charge in [-0.25, -0.2) is 0 Å². The van der Waals surface area contributed by atoms with Crippen LogP contribution in [0.5, 0.6) is 0 Å². The first kappa shape index (κ1) is 13.5. The Bertz CT molecular complexity index is 215. The minimum atomic E-state index is 0.136. The Morgan fingerprint density at radius 1 is 1.56 bits per heavy atom. The van der Waals surface area contributed by atoms with Crippen molar-refractivity contribution in [1.29, 1.82) is 0 Å². The fourth-order valence-corrected chi connectivity index (χ4v) is 1.96. The van der Waals surface area contributed by atoms with Gasteiger partial charge in [-0.2, -0.15) is 0 Å². The van der Waals surface area contributed by atoms with E-state index in [1.807, 2.05) is 7.05 Å². The van der Waals surface area contributed by atoms with Crippen molar-refractivity contribution in [3.63, 3.8) is 0 Å². The van der Waals surface area contributed by atoms with Gasteiger partial charge in [0.05, 0.1) is 12.5 Å². The molecule has 0 aromatic rings. The van der Waals surface area contributed by atoms with E-state index in [1.54, 1.807) is 4.90 Å². The zero-order valence-corrected chi connectivity index (χ0v) is 10.4. The molecule has 1 rings (SSSR count). The highest BCUT2D eigenvalue weighted by atomic mass is 16.5. The Hall–Kier alpha value is -0.610. The Morgan fingerprint density at radius 3 is 2.88 bits per heavy atom. The third-order valence-electron chi connectivity index (χ3n) is 3.09. The summed E-state index contributed by atoms with van der Waals surface area (Å²) < 4.78 is 5.56. The van der Waals surface area contributed by atoms with Gasteiger partial charge in [-0.3, -0.25) is 4.79 Å². The molecule has 1 saturated heterocycles. The highest BCUT2D eigenvalue weighted by Crippen LogP contribution is 2.16. The van der Waals surface area contributed by atoms with Gasteiger partial charge in [0.1, 0.15) is 0 Å². The Morgan fingerprint density at radius 2 is 2.31 bits per heavy atom. The van der Waals surface area contributed by atoms with Gasteiger partial charge in [-0.05, 0) is 31.7 Å². The van der Waals surface area contributed by atoms with Crippen molar-refractivity contribution in [2.24, 2.45) is 11.7 Å². The van der Waals surface area contributed by atoms with E-state index in [9.17, 15) is 4.79 Å². The van der Waals surface area contributed by atoms with Gasteiger partial charge in [0, 0.05) is 20.2 Å². The van der Waals surface area contributed by atoms with Crippen molar-refractivity contribution in [3.8, 4) is 0 Å². The molecule has 0 radical (unpaired) electrons. The van der Waals surface area contributed by atoms with Gasteiger partial charge in [-0.1, -0.05) is 6.92 Å². The Kier molecular flexibility index (Phi) is 5.77. The van der Waals surface area contributed by atoms with Gasteiger partial charge in [0.2, 0.25) is 5.91 Å². The van der Waals surface area contributed by atoms with Crippen LogP contribution in [0.4, 0.5) is 0 Å². The average molecular weight is 228 g/mol. The number of carbonyl (C=O) groups excluding carboxylic acids is 1. The van der Waals surface area contributed by atoms with E-state index in [2.05, 4.69) is 6.92 Å². The molecule has 0 spiro atoms.